The van der Waals surface area contributed by atoms with Gasteiger partial charge in [0.1, 0.15) is 0 Å². The van der Waals surface area contributed by atoms with Gasteiger partial charge in [-0.25, -0.2) is 13.6 Å². The van der Waals surface area contributed by atoms with E-state index in [0.717, 1.165) is 5.69 Å². The van der Waals surface area contributed by atoms with E-state index in [9.17, 15) is 13.2 Å². The van der Waals surface area contributed by atoms with Gasteiger partial charge in [-0.15, -0.1) is 0 Å². The Kier molecular flexibility index (Phi) is 5.28. The summed E-state index contributed by atoms with van der Waals surface area (Å²) in [7, 11) is -3.67. The molecule has 0 aliphatic carbocycles. The maximum absolute atomic E-state index is 12.3. The molecular weight excluding hydrogens is 316 g/mol. The number of rotatable bonds is 4. The minimum atomic E-state index is -3.67. The molecule has 4 N–H and O–H groups in total. The van der Waals surface area contributed by atoms with Crippen LogP contribution in [0.3, 0.4) is 0 Å². The van der Waals surface area contributed by atoms with E-state index in [1.807, 2.05) is 18.7 Å². The van der Waals surface area contributed by atoms with Crippen molar-refractivity contribution in [3.05, 3.63) is 24.3 Å². The first-order valence-electron chi connectivity index (χ1n) is 7.62. The van der Waals surface area contributed by atoms with E-state index in [1.165, 1.54) is 12.1 Å². The molecule has 1 aliphatic rings. The number of nitrogens with two attached hydrogens (primary N) is 2. The highest BCUT2D eigenvalue weighted by molar-refractivity contribution is 7.89. The van der Waals surface area contributed by atoms with E-state index >= 15 is 0 Å². The number of anilines is 1. The van der Waals surface area contributed by atoms with Gasteiger partial charge in [-0.1, -0.05) is 6.92 Å². The second-order valence-corrected chi connectivity index (χ2v) is 7.56. The fraction of sp³-hybridized carbons (Fsp3) is 0.533. The minimum Gasteiger partial charge on any atom is -0.368 e. The smallest absolute Gasteiger partial charge is 0.238 e. The monoisotopic (exact) mass is 340 g/mol. The molecule has 0 radical (unpaired) electrons. The molecule has 2 unspecified atom stereocenters. The van der Waals surface area contributed by atoms with Crippen molar-refractivity contribution in [2.24, 2.45) is 16.8 Å². The van der Waals surface area contributed by atoms with Crippen LogP contribution in [0.4, 0.5) is 5.69 Å². The van der Waals surface area contributed by atoms with Gasteiger partial charge < -0.3 is 15.5 Å². The van der Waals surface area contributed by atoms with Gasteiger partial charge >= 0.3 is 0 Å². The highest BCUT2D eigenvalue weighted by Gasteiger charge is 2.26. The molecule has 1 aromatic carbocycles. The molecule has 2 rings (SSSR count). The highest BCUT2D eigenvalue weighted by Crippen LogP contribution is 2.19. The Bertz CT molecular complexity index is 650. The van der Waals surface area contributed by atoms with Crippen LogP contribution in [-0.2, 0) is 14.8 Å². The normalized spacial score (nSPS) is 18.6. The molecule has 7 nitrogen and oxygen atoms in total. The Labute approximate surface area is 137 Å². The average molecular weight is 340 g/mol. The summed E-state index contributed by atoms with van der Waals surface area (Å²) in [5, 5.41) is 5.09. The van der Waals surface area contributed by atoms with Crippen molar-refractivity contribution in [3.8, 4) is 0 Å². The van der Waals surface area contributed by atoms with Gasteiger partial charge in [0.05, 0.1) is 10.8 Å². The van der Waals surface area contributed by atoms with Crippen LogP contribution in [-0.4, -0.2) is 51.4 Å². The van der Waals surface area contributed by atoms with E-state index < -0.39 is 10.0 Å². The molecule has 23 heavy (non-hydrogen) atoms. The highest BCUT2D eigenvalue weighted by atomic mass is 32.2. The Balaban J connectivity index is 1.98. The van der Waals surface area contributed by atoms with Gasteiger partial charge in [0.25, 0.3) is 0 Å². The molecule has 0 saturated carbocycles. The predicted molar refractivity (Wildman–Crippen MR) is 89.4 cm³/mol. The van der Waals surface area contributed by atoms with Gasteiger partial charge in [0, 0.05) is 37.9 Å². The van der Waals surface area contributed by atoms with Gasteiger partial charge in [0.15, 0.2) is 0 Å². The summed E-state index contributed by atoms with van der Waals surface area (Å²) in [6.07, 6.45) is 0. The lowest BCUT2D eigenvalue weighted by atomic mass is 10.0. The SMILES string of the molecule is CC(N)C(C)C(=O)N1CCN(c2ccc(S(N)(=O)=O)cc2)CC1. The Morgan fingerprint density at radius 3 is 2.04 bits per heavy atom. The second kappa shape index (κ2) is 6.86. The number of primary sulfonamides is 1. The van der Waals surface area contributed by atoms with Gasteiger partial charge in [-0.05, 0) is 31.2 Å². The van der Waals surface area contributed by atoms with Gasteiger partial charge in [-0.2, -0.15) is 0 Å². The van der Waals surface area contributed by atoms with Crippen LogP contribution in [0.1, 0.15) is 13.8 Å². The summed E-state index contributed by atoms with van der Waals surface area (Å²) in [6, 6.07) is 6.32. The number of carbonyl (C=O) groups excluding carboxylic acids is 1. The number of benzene rings is 1. The first-order chi connectivity index (χ1) is 10.7. The first kappa shape index (κ1) is 17.7. The molecule has 1 aliphatic heterocycles. The van der Waals surface area contributed by atoms with Gasteiger partial charge in [0.2, 0.25) is 15.9 Å². The summed E-state index contributed by atoms with van der Waals surface area (Å²) >= 11 is 0. The third kappa shape index (κ3) is 4.21. The maximum atomic E-state index is 12.3. The first-order valence-corrected chi connectivity index (χ1v) is 9.17. The molecule has 2 atom stereocenters. The van der Waals surface area contributed by atoms with Crippen LogP contribution in [0.25, 0.3) is 0 Å². The maximum Gasteiger partial charge on any atom is 0.238 e. The summed E-state index contributed by atoms with van der Waals surface area (Å²) in [4.78, 5) is 16.3. The largest absolute Gasteiger partial charge is 0.368 e. The molecular formula is C15H24N4O3S. The minimum absolute atomic E-state index is 0.0872. The number of amides is 1. The third-order valence-electron chi connectivity index (χ3n) is 4.30. The molecule has 0 spiro atoms. The van der Waals surface area contributed by atoms with E-state index in [-0.39, 0.29) is 22.8 Å². The zero-order valence-corrected chi connectivity index (χ0v) is 14.3. The summed E-state index contributed by atoms with van der Waals surface area (Å²) in [6.45, 7) is 6.36. The quantitative estimate of drug-likeness (QED) is 0.799. The Morgan fingerprint density at radius 2 is 1.61 bits per heavy atom. The molecule has 0 aromatic heterocycles. The number of piperazine rings is 1. The predicted octanol–water partition coefficient (Wildman–Crippen LogP) is -0.0341. The topological polar surface area (TPSA) is 110 Å². The lowest BCUT2D eigenvalue weighted by Crippen LogP contribution is -2.52. The van der Waals surface area contributed by atoms with Crippen LogP contribution in [0.5, 0.6) is 0 Å². The Hall–Kier alpha value is -1.64. The number of hydrogen-bond acceptors (Lipinski definition) is 5. The van der Waals surface area contributed by atoms with E-state index in [1.54, 1.807) is 12.1 Å². The van der Waals surface area contributed by atoms with Crippen molar-refractivity contribution in [1.29, 1.82) is 0 Å². The number of hydrogen-bond donors (Lipinski definition) is 2. The summed E-state index contributed by atoms with van der Waals surface area (Å²) < 4.78 is 22.5. The molecule has 1 saturated heterocycles. The number of carbonyl (C=O) groups is 1. The molecule has 0 bridgehead atoms. The fourth-order valence-corrected chi connectivity index (χ4v) is 3.06. The van der Waals surface area contributed by atoms with Crippen molar-refractivity contribution < 1.29 is 13.2 Å². The van der Waals surface area contributed by atoms with Crippen molar-refractivity contribution in [2.45, 2.75) is 24.8 Å². The second-order valence-electron chi connectivity index (χ2n) is 6.00. The lowest BCUT2D eigenvalue weighted by Gasteiger charge is -2.37. The van der Waals surface area contributed by atoms with E-state index in [4.69, 9.17) is 10.9 Å². The van der Waals surface area contributed by atoms with Crippen LogP contribution in [0, 0.1) is 5.92 Å². The fourth-order valence-electron chi connectivity index (χ4n) is 2.54. The molecule has 1 heterocycles. The summed E-state index contributed by atoms with van der Waals surface area (Å²) in [5.74, 6) is -0.0974. The van der Waals surface area contributed by atoms with Crippen LogP contribution >= 0.6 is 0 Å². The van der Waals surface area contributed by atoms with Crippen molar-refractivity contribution in [3.63, 3.8) is 0 Å². The van der Waals surface area contributed by atoms with Gasteiger partial charge in [-0.3, -0.25) is 4.79 Å². The summed E-state index contributed by atoms with van der Waals surface area (Å²) in [5.41, 5.74) is 6.71. The van der Waals surface area contributed by atoms with Crippen LogP contribution in [0.2, 0.25) is 0 Å². The standard InChI is InChI=1S/C15H24N4O3S/c1-11(12(2)16)15(20)19-9-7-18(8-10-19)13-3-5-14(6-4-13)23(17,21)22/h3-6,11-12H,7-10,16H2,1-2H3,(H2,17,21,22). The van der Waals surface area contributed by atoms with Crippen molar-refractivity contribution in [1.82, 2.24) is 4.90 Å². The average Bonchev–Trinajstić information content (AvgIpc) is 2.53. The van der Waals surface area contributed by atoms with Crippen molar-refractivity contribution >= 4 is 21.6 Å². The lowest BCUT2D eigenvalue weighted by molar-refractivity contribution is -0.135. The zero-order valence-electron chi connectivity index (χ0n) is 13.5. The van der Waals surface area contributed by atoms with E-state index in [2.05, 4.69) is 4.90 Å². The van der Waals surface area contributed by atoms with E-state index in [0.29, 0.717) is 26.2 Å². The zero-order chi connectivity index (χ0) is 17.2. The van der Waals surface area contributed by atoms with Crippen molar-refractivity contribution in [2.75, 3.05) is 31.1 Å². The van der Waals surface area contributed by atoms with Crippen LogP contribution in [0.15, 0.2) is 29.2 Å². The molecule has 1 fully saturated rings. The van der Waals surface area contributed by atoms with Crippen LogP contribution < -0.4 is 15.8 Å². The third-order valence-corrected chi connectivity index (χ3v) is 5.23. The molecule has 1 aromatic rings. The molecule has 128 valence electrons. The molecule has 1 amide bonds. The Morgan fingerprint density at radius 1 is 1.09 bits per heavy atom. The number of nitrogens with zero attached hydrogens (tertiary/aromatic N) is 2. The molecule has 8 heteroatoms. The number of sulfonamides is 1.